The van der Waals surface area contributed by atoms with Gasteiger partial charge >= 0.3 is 0 Å². The van der Waals surface area contributed by atoms with Crippen LogP contribution in [0.2, 0.25) is 0 Å². The summed E-state index contributed by atoms with van der Waals surface area (Å²) < 4.78 is 15.4. The van der Waals surface area contributed by atoms with Crippen LogP contribution in [0.4, 0.5) is 4.39 Å². The first-order valence-electron chi connectivity index (χ1n) is 9.53. The Morgan fingerprint density at radius 2 is 1.38 bits per heavy atom. The van der Waals surface area contributed by atoms with Gasteiger partial charge in [-0.3, -0.25) is 4.57 Å². The number of hydrogen-bond donors (Lipinski definition) is 0. The molecule has 4 rings (SSSR count). The van der Waals surface area contributed by atoms with Gasteiger partial charge in [-0.1, -0.05) is 71.4 Å². The van der Waals surface area contributed by atoms with Gasteiger partial charge in [0.15, 0.2) is 11.0 Å². The van der Waals surface area contributed by atoms with Crippen LogP contribution in [0.5, 0.6) is 0 Å². The van der Waals surface area contributed by atoms with Crippen LogP contribution < -0.4 is 0 Å². The molecule has 1 heterocycles. The third-order valence-corrected chi connectivity index (χ3v) is 5.96. The minimum Gasteiger partial charge on any atom is -0.270 e. The molecule has 0 bridgehead atoms. The molecule has 3 aromatic carbocycles. The first kappa shape index (κ1) is 19.4. The molecule has 0 aliphatic heterocycles. The van der Waals surface area contributed by atoms with Gasteiger partial charge in [0.25, 0.3) is 0 Å². The van der Waals surface area contributed by atoms with E-state index >= 15 is 0 Å². The Balaban J connectivity index is 1.76. The maximum atomic E-state index is 13.3. The van der Waals surface area contributed by atoms with E-state index in [0.717, 1.165) is 27.8 Å². The average Bonchev–Trinajstić information content (AvgIpc) is 3.13. The summed E-state index contributed by atoms with van der Waals surface area (Å²) in [6.07, 6.45) is 0. The lowest BCUT2D eigenvalue weighted by Crippen LogP contribution is -2.01. The highest BCUT2D eigenvalue weighted by molar-refractivity contribution is 7.99. The van der Waals surface area contributed by atoms with E-state index in [1.54, 1.807) is 11.8 Å². The van der Waals surface area contributed by atoms with E-state index in [9.17, 15) is 4.39 Å². The molecule has 0 fully saturated rings. The fraction of sp³-hybridized carbons (Fsp3) is 0.167. The quantitative estimate of drug-likeness (QED) is 0.354. The Hall–Kier alpha value is -2.92. The number of benzene rings is 3. The van der Waals surface area contributed by atoms with Crippen LogP contribution in [-0.2, 0) is 0 Å². The Morgan fingerprint density at radius 3 is 2.00 bits per heavy atom. The fourth-order valence-corrected chi connectivity index (χ4v) is 4.12. The number of nitrogens with zero attached hydrogens (tertiary/aromatic N) is 3. The molecule has 146 valence electrons. The predicted molar refractivity (Wildman–Crippen MR) is 117 cm³/mol. The molecule has 5 heteroatoms. The highest BCUT2D eigenvalue weighted by Gasteiger charge is 2.19. The fourth-order valence-electron chi connectivity index (χ4n) is 3.12. The summed E-state index contributed by atoms with van der Waals surface area (Å²) in [6, 6.07) is 23.3. The zero-order valence-electron chi connectivity index (χ0n) is 16.6. The molecule has 0 unspecified atom stereocenters. The maximum absolute atomic E-state index is 13.3. The van der Waals surface area contributed by atoms with Crippen LogP contribution in [0.15, 0.2) is 78.0 Å². The smallest absolute Gasteiger partial charge is 0.196 e. The Morgan fingerprint density at radius 1 is 0.793 bits per heavy atom. The van der Waals surface area contributed by atoms with Gasteiger partial charge in [-0.05, 0) is 50.6 Å². The Kier molecular flexibility index (Phi) is 5.49. The molecular formula is C24H22FN3S. The van der Waals surface area contributed by atoms with Gasteiger partial charge in [0.1, 0.15) is 5.82 Å². The minimum atomic E-state index is -0.226. The number of rotatable bonds is 5. The van der Waals surface area contributed by atoms with Crippen molar-refractivity contribution in [2.24, 2.45) is 0 Å². The lowest BCUT2D eigenvalue weighted by atomic mass is 10.1. The van der Waals surface area contributed by atoms with Crippen LogP contribution in [0, 0.1) is 19.7 Å². The van der Waals surface area contributed by atoms with Crippen LogP contribution in [-0.4, -0.2) is 14.8 Å². The SMILES string of the molecule is Cc1ccc(-c2nnc(S[C@@H](C)c3ccc(F)cc3)n2-c2ccc(C)cc2)cc1. The van der Waals surface area contributed by atoms with Gasteiger partial charge in [0, 0.05) is 16.5 Å². The summed E-state index contributed by atoms with van der Waals surface area (Å²) in [5.74, 6) is 0.582. The van der Waals surface area contributed by atoms with E-state index in [0.29, 0.717) is 0 Å². The molecule has 0 amide bonds. The number of aromatic nitrogens is 3. The second-order valence-corrected chi connectivity index (χ2v) is 8.46. The Bertz CT molecular complexity index is 1100. The number of halogens is 1. The van der Waals surface area contributed by atoms with Crippen molar-refractivity contribution in [1.29, 1.82) is 0 Å². The lowest BCUT2D eigenvalue weighted by Gasteiger charge is -2.14. The van der Waals surface area contributed by atoms with Gasteiger partial charge in [-0.2, -0.15) is 0 Å². The van der Waals surface area contributed by atoms with Crippen LogP contribution in [0.3, 0.4) is 0 Å². The van der Waals surface area contributed by atoms with Crippen LogP contribution >= 0.6 is 11.8 Å². The molecule has 3 nitrogen and oxygen atoms in total. The molecule has 0 spiro atoms. The topological polar surface area (TPSA) is 30.7 Å². The van der Waals surface area contributed by atoms with E-state index in [-0.39, 0.29) is 11.1 Å². The van der Waals surface area contributed by atoms with Crippen molar-refractivity contribution in [3.05, 3.63) is 95.3 Å². The minimum absolute atomic E-state index is 0.106. The number of thioether (sulfide) groups is 1. The standard InChI is InChI=1S/C24H22FN3S/c1-16-4-8-20(9-5-16)23-26-27-24(28(23)22-14-6-17(2)7-15-22)29-18(3)19-10-12-21(25)13-11-19/h4-15,18H,1-3H3/t18-/m0/s1. The third kappa shape index (κ3) is 4.25. The van der Waals surface area contributed by atoms with Crippen molar-refractivity contribution in [2.75, 3.05) is 0 Å². The van der Waals surface area contributed by atoms with Crippen LogP contribution in [0.1, 0.15) is 28.9 Å². The van der Waals surface area contributed by atoms with E-state index in [4.69, 9.17) is 0 Å². The third-order valence-electron chi connectivity index (χ3n) is 4.86. The molecule has 1 aromatic heterocycles. The molecular weight excluding hydrogens is 381 g/mol. The van der Waals surface area contributed by atoms with E-state index in [1.165, 1.54) is 23.3 Å². The van der Waals surface area contributed by atoms with Crippen molar-refractivity contribution >= 4 is 11.8 Å². The molecule has 0 N–H and O–H groups in total. The number of aryl methyl sites for hydroxylation is 2. The predicted octanol–water partition coefficient (Wildman–Crippen LogP) is 6.54. The monoisotopic (exact) mass is 403 g/mol. The van der Waals surface area contributed by atoms with Gasteiger partial charge in [0.05, 0.1) is 0 Å². The van der Waals surface area contributed by atoms with Crippen molar-refractivity contribution in [2.45, 2.75) is 31.2 Å². The van der Waals surface area contributed by atoms with Crippen molar-refractivity contribution < 1.29 is 4.39 Å². The lowest BCUT2D eigenvalue weighted by molar-refractivity contribution is 0.627. The van der Waals surface area contributed by atoms with Gasteiger partial charge in [-0.25, -0.2) is 4.39 Å². The summed E-state index contributed by atoms with van der Waals surface area (Å²) in [7, 11) is 0. The van der Waals surface area contributed by atoms with E-state index < -0.39 is 0 Å². The van der Waals surface area contributed by atoms with E-state index in [2.05, 4.69) is 84.1 Å². The Labute approximate surface area is 174 Å². The van der Waals surface area contributed by atoms with Gasteiger partial charge in [-0.15, -0.1) is 10.2 Å². The molecule has 0 saturated carbocycles. The second kappa shape index (κ2) is 8.21. The first-order valence-corrected chi connectivity index (χ1v) is 10.4. The largest absolute Gasteiger partial charge is 0.270 e. The molecule has 0 aliphatic rings. The average molecular weight is 404 g/mol. The number of hydrogen-bond acceptors (Lipinski definition) is 3. The normalized spacial score (nSPS) is 12.1. The molecule has 0 aliphatic carbocycles. The summed E-state index contributed by atoms with van der Waals surface area (Å²) in [5.41, 5.74) is 5.49. The zero-order valence-corrected chi connectivity index (χ0v) is 17.4. The van der Waals surface area contributed by atoms with E-state index in [1.807, 2.05) is 12.1 Å². The molecule has 0 radical (unpaired) electrons. The van der Waals surface area contributed by atoms with Gasteiger partial charge < -0.3 is 0 Å². The molecule has 1 atom stereocenters. The van der Waals surface area contributed by atoms with Gasteiger partial charge in [0.2, 0.25) is 0 Å². The van der Waals surface area contributed by atoms with Crippen molar-refractivity contribution in [3.8, 4) is 17.1 Å². The van der Waals surface area contributed by atoms with Crippen molar-refractivity contribution in [1.82, 2.24) is 14.8 Å². The summed E-state index contributed by atoms with van der Waals surface area (Å²) in [5, 5.41) is 9.92. The second-order valence-electron chi connectivity index (χ2n) is 7.15. The molecule has 4 aromatic rings. The summed E-state index contributed by atoms with van der Waals surface area (Å²) in [4.78, 5) is 0. The highest BCUT2D eigenvalue weighted by Crippen LogP contribution is 2.37. The maximum Gasteiger partial charge on any atom is 0.196 e. The van der Waals surface area contributed by atoms with Crippen LogP contribution in [0.25, 0.3) is 17.1 Å². The summed E-state index contributed by atoms with van der Waals surface area (Å²) >= 11 is 1.61. The zero-order chi connectivity index (χ0) is 20.4. The highest BCUT2D eigenvalue weighted by atomic mass is 32.2. The summed E-state index contributed by atoms with van der Waals surface area (Å²) in [6.45, 7) is 6.24. The van der Waals surface area contributed by atoms with Crippen molar-refractivity contribution in [3.63, 3.8) is 0 Å². The first-order chi connectivity index (χ1) is 14.0. The molecule has 0 saturated heterocycles. The molecule has 29 heavy (non-hydrogen) atoms.